The first-order chi connectivity index (χ1) is 11.3. The highest BCUT2D eigenvalue weighted by Crippen LogP contribution is 2.48. The minimum absolute atomic E-state index is 0.318. The third-order valence-electron chi connectivity index (χ3n) is 6.18. The lowest BCUT2D eigenvalue weighted by atomic mass is 9.88. The molecule has 0 aromatic heterocycles. The molecule has 3 nitrogen and oxygen atoms in total. The number of likely N-dealkylation sites (tertiary alicyclic amines) is 1. The standard InChI is InChI=1S/C20H28N2O/c23-20(19-12-16-8-9-17(19)11-16)21-18-7-4-10-22(14-18)13-15-5-2-1-3-6-15/h1-3,5-6,16-19H,4,7-14H2,(H,21,23)/t16-,17-,18-,19-/m1/s1. The predicted molar refractivity (Wildman–Crippen MR) is 91.8 cm³/mol. The van der Waals surface area contributed by atoms with E-state index in [1.54, 1.807) is 0 Å². The Morgan fingerprint density at radius 1 is 1.13 bits per heavy atom. The second kappa shape index (κ2) is 6.64. The van der Waals surface area contributed by atoms with Crippen molar-refractivity contribution in [2.24, 2.45) is 17.8 Å². The summed E-state index contributed by atoms with van der Waals surface area (Å²) in [6, 6.07) is 11.0. The molecule has 3 fully saturated rings. The van der Waals surface area contributed by atoms with Crippen molar-refractivity contribution in [3.05, 3.63) is 35.9 Å². The van der Waals surface area contributed by atoms with Gasteiger partial charge in [-0.05, 0) is 56.0 Å². The first kappa shape index (κ1) is 15.2. The normalized spacial score (nSPS) is 33.7. The second-order valence-corrected chi connectivity index (χ2v) is 7.85. The Hall–Kier alpha value is -1.35. The third kappa shape index (κ3) is 3.45. The van der Waals surface area contributed by atoms with Crippen molar-refractivity contribution in [1.29, 1.82) is 0 Å². The molecule has 1 amide bonds. The second-order valence-electron chi connectivity index (χ2n) is 7.85. The van der Waals surface area contributed by atoms with Crippen molar-refractivity contribution < 1.29 is 4.79 Å². The highest BCUT2D eigenvalue weighted by molar-refractivity contribution is 5.79. The summed E-state index contributed by atoms with van der Waals surface area (Å²) in [5.41, 5.74) is 1.37. The van der Waals surface area contributed by atoms with Crippen LogP contribution in [-0.4, -0.2) is 29.9 Å². The van der Waals surface area contributed by atoms with Crippen molar-refractivity contribution >= 4 is 5.91 Å². The Bertz CT molecular complexity index is 544. The number of hydrogen-bond donors (Lipinski definition) is 1. The summed E-state index contributed by atoms with van der Waals surface area (Å²) in [6.07, 6.45) is 7.43. The molecule has 0 radical (unpaired) electrons. The number of rotatable bonds is 4. The summed E-state index contributed by atoms with van der Waals surface area (Å²) < 4.78 is 0. The van der Waals surface area contributed by atoms with Gasteiger partial charge in [0.15, 0.2) is 0 Å². The minimum atomic E-state index is 0.318. The van der Waals surface area contributed by atoms with Crippen LogP contribution in [0.15, 0.2) is 30.3 Å². The molecule has 0 unspecified atom stereocenters. The maximum Gasteiger partial charge on any atom is 0.223 e. The van der Waals surface area contributed by atoms with Crippen LogP contribution >= 0.6 is 0 Å². The van der Waals surface area contributed by atoms with Crippen molar-refractivity contribution in [3.63, 3.8) is 0 Å². The molecule has 0 spiro atoms. The fraction of sp³-hybridized carbons (Fsp3) is 0.650. The van der Waals surface area contributed by atoms with E-state index in [4.69, 9.17) is 0 Å². The molecule has 1 aromatic rings. The van der Waals surface area contributed by atoms with Crippen LogP contribution in [0.4, 0.5) is 0 Å². The van der Waals surface area contributed by atoms with E-state index >= 15 is 0 Å². The molecule has 3 heteroatoms. The fourth-order valence-electron chi connectivity index (χ4n) is 5.03. The molecule has 23 heavy (non-hydrogen) atoms. The van der Waals surface area contributed by atoms with Crippen molar-refractivity contribution in [3.8, 4) is 0 Å². The van der Waals surface area contributed by atoms with Gasteiger partial charge in [0, 0.05) is 25.0 Å². The molecule has 4 atom stereocenters. The Kier molecular flexibility index (Phi) is 4.39. The molecular formula is C20H28N2O. The van der Waals surface area contributed by atoms with E-state index < -0.39 is 0 Å². The number of hydrogen-bond acceptors (Lipinski definition) is 2. The molecule has 4 rings (SSSR count). The summed E-state index contributed by atoms with van der Waals surface area (Å²) >= 11 is 0. The maximum atomic E-state index is 12.6. The minimum Gasteiger partial charge on any atom is -0.352 e. The van der Waals surface area contributed by atoms with Gasteiger partial charge in [0.2, 0.25) is 5.91 Å². The van der Waals surface area contributed by atoms with E-state index in [-0.39, 0.29) is 0 Å². The van der Waals surface area contributed by atoms with Crippen LogP contribution in [0.2, 0.25) is 0 Å². The molecule has 1 N–H and O–H groups in total. The molecule has 2 aliphatic carbocycles. The van der Waals surface area contributed by atoms with E-state index in [0.29, 0.717) is 23.8 Å². The van der Waals surface area contributed by atoms with Gasteiger partial charge in [-0.15, -0.1) is 0 Å². The zero-order valence-electron chi connectivity index (χ0n) is 13.9. The van der Waals surface area contributed by atoms with Gasteiger partial charge in [-0.2, -0.15) is 0 Å². The van der Waals surface area contributed by atoms with Crippen LogP contribution in [0.1, 0.15) is 44.1 Å². The van der Waals surface area contributed by atoms with E-state index in [1.807, 2.05) is 0 Å². The number of nitrogens with one attached hydrogen (secondary N) is 1. The molecule has 124 valence electrons. The number of fused-ring (bicyclic) bond motifs is 2. The molecule has 1 heterocycles. The molecular weight excluding hydrogens is 284 g/mol. The fourth-order valence-corrected chi connectivity index (χ4v) is 5.03. The first-order valence-electron chi connectivity index (χ1n) is 9.34. The van der Waals surface area contributed by atoms with E-state index in [0.717, 1.165) is 38.4 Å². The van der Waals surface area contributed by atoms with Crippen molar-refractivity contribution in [1.82, 2.24) is 10.2 Å². The van der Waals surface area contributed by atoms with Gasteiger partial charge < -0.3 is 5.32 Å². The Labute approximate surface area is 139 Å². The number of carbonyl (C=O) groups excluding carboxylic acids is 1. The number of carbonyl (C=O) groups is 1. The molecule has 2 bridgehead atoms. The number of benzene rings is 1. The van der Waals surface area contributed by atoms with E-state index in [9.17, 15) is 4.79 Å². The van der Waals surface area contributed by atoms with Gasteiger partial charge in [-0.3, -0.25) is 9.69 Å². The highest BCUT2D eigenvalue weighted by atomic mass is 16.2. The SMILES string of the molecule is O=C(N[C@@H]1CCCN(Cc2ccccc2)C1)[C@@H]1C[C@@H]2CC[C@@H]1C2. The smallest absolute Gasteiger partial charge is 0.223 e. The molecule has 1 aromatic carbocycles. The first-order valence-corrected chi connectivity index (χ1v) is 9.34. The Morgan fingerprint density at radius 2 is 2.00 bits per heavy atom. The van der Waals surface area contributed by atoms with Crippen LogP contribution in [0.25, 0.3) is 0 Å². The summed E-state index contributed by atoms with van der Waals surface area (Å²) in [7, 11) is 0. The monoisotopic (exact) mass is 312 g/mol. The van der Waals surface area contributed by atoms with Gasteiger partial charge >= 0.3 is 0 Å². The van der Waals surface area contributed by atoms with Crippen LogP contribution in [-0.2, 0) is 11.3 Å². The summed E-state index contributed by atoms with van der Waals surface area (Å²) in [4.78, 5) is 15.1. The zero-order chi connectivity index (χ0) is 15.6. The average molecular weight is 312 g/mol. The van der Waals surface area contributed by atoms with Crippen molar-refractivity contribution in [2.45, 2.75) is 51.1 Å². The third-order valence-corrected chi connectivity index (χ3v) is 6.18. The van der Waals surface area contributed by atoms with Gasteiger partial charge in [-0.25, -0.2) is 0 Å². The van der Waals surface area contributed by atoms with Crippen LogP contribution in [0.5, 0.6) is 0 Å². The maximum absolute atomic E-state index is 12.6. The van der Waals surface area contributed by atoms with Gasteiger partial charge in [0.25, 0.3) is 0 Å². The zero-order valence-corrected chi connectivity index (χ0v) is 13.9. The summed E-state index contributed by atoms with van der Waals surface area (Å²) in [5, 5.41) is 3.38. The summed E-state index contributed by atoms with van der Waals surface area (Å²) in [6.45, 7) is 3.15. The molecule has 3 aliphatic rings. The lowest BCUT2D eigenvalue weighted by molar-refractivity contribution is -0.127. The van der Waals surface area contributed by atoms with Crippen LogP contribution in [0, 0.1) is 17.8 Å². The Balaban J connectivity index is 1.30. The number of amides is 1. The predicted octanol–water partition coefficient (Wildman–Crippen LogP) is 3.20. The molecule has 2 saturated carbocycles. The van der Waals surface area contributed by atoms with Gasteiger partial charge in [-0.1, -0.05) is 36.8 Å². The topological polar surface area (TPSA) is 32.3 Å². The lowest BCUT2D eigenvalue weighted by Crippen LogP contribution is -2.49. The quantitative estimate of drug-likeness (QED) is 0.926. The lowest BCUT2D eigenvalue weighted by Gasteiger charge is -2.34. The highest BCUT2D eigenvalue weighted by Gasteiger charge is 2.43. The number of piperidine rings is 1. The van der Waals surface area contributed by atoms with Gasteiger partial charge in [0.05, 0.1) is 0 Å². The molecule has 1 aliphatic heterocycles. The largest absolute Gasteiger partial charge is 0.352 e. The van der Waals surface area contributed by atoms with Crippen LogP contribution in [0.3, 0.4) is 0 Å². The van der Waals surface area contributed by atoms with Gasteiger partial charge in [0.1, 0.15) is 0 Å². The average Bonchev–Trinajstić information content (AvgIpc) is 3.19. The van der Waals surface area contributed by atoms with Crippen LogP contribution < -0.4 is 5.32 Å². The van der Waals surface area contributed by atoms with Crippen molar-refractivity contribution in [2.75, 3.05) is 13.1 Å². The number of nitrogens with zero attached hydrogens (tertiary/aromatic N) is 1. The molecule has 1 saturated heterocycles. The summed E-state index contributed by atoms with van der Waals surface area (Å²) in [5.74, 6) is 2.20. The Morgan fingerprint density at radius 3 is 2.74 bits per heavy atom. The van der Waals surface area contributed by atoms with E-state index in [2.05, 4.69) is 40.5 Å². The van der Waals surface area contributed by atoms with E-state index in [1.165, 1.54) is 31.2 Å².